The van der Waals surface area contributed by atoms with E-state index in [2.05, 4.69) is 23.2 Å². The van der Waals surface area contributed by atoms with Gasteiger partial charge in [-0.25, -0.2) is 4.79 Å². The fraction of sp³-hybridized carbons (Fsp3) is 0. The molecule has 0 amide bonds. The summed E-state index contributed by atoms with van der Waals surface area (Å²) in [6, 6.07) is 27.3. The van der Waals surface area contributed by atoms with E-state index in [9.17, 15) is 4.79 Å². The van der Waals surface area contributed by atoms with Gasteiger partial charge >= 0.3 is 5.97 Å². The first-order valence-electron chi connectivity index (χ1n) is 7.99. The number of rotatable bonds is 2. The molecule has 0 saturated heterocycles. The molecular formula is C22H16NO3Pt-. The Bertz CT molecular complexity index is 1030. The number of benzene rings is 3. The molecule has 5 heteroatoms. The van der Waals surface area contributed by atoms with E-state index in [1.165, 1.54) is 22.9 Å². The van der Waals surface area contributed by atoms with Gasteiger partial charge in [0.05, 0.1) is 0 Å². The van der Waals surface area contributed by atoms with Gasteiger partial charge in [-0.3, -0.25) is 0 Å². The van der Waals surface area contributed by atoms with E-state index in [-0.39, 0.29) is 32.4 Å². The molecule has 4 nitrogen and oxygen atoms in total. The summed E-state index contributed by atoms with van der Waals surface area (Å²) in [5.74, 6) is -1.31. The fourth-order valence-corrected chi connectivity index (χ4v) is 2.53. The molecule has 0 unspecified atom stereocenters. The van der Waals surface area contributed by atoms with Gasteiger partial charge in [0, 0.05) is 27.3 Å². The predicted molar refractivity (Wildman–Crippen MR) is 101 cm³/mol. The average molecular weight is 537 g/mol. The van der Waals surface area contributed by atoms with Crippen LogP contribution in [0.3, 0.4) is 0 Å². The summed E-state index contributed by atoms with van der Waals surface area (Å²) < 4.78 is 0. The quantitative estimate of drug-likeness (QED) is 0.361. The number of nitrogens with zero attached hydrogens (tertiary/aromatic N) is 1. The van der Waals surface area contributed by atoms with Crippen molar-refractivity contribution in [3.05, 3.63) is 96.7 Å². The van der Waals surface area contributed by atoms with Crippen LogP contribution in [0.5, 0.6) is 5.75 Å². The Labute approximate surface area is 171 Å². The van der Waals surface area contributed by atoms with Gasteiger partial charge < -0.3 is 15.2 Å². The molecule has 0 saturated carbocycles. The number of aromatic hydroxyl groups is 1. The summed E-state index contributed by atoms with van der Waals surface area (Å²) >= 11 is 0. The normalized spacial score (nSPS) is 9.63. The van der Waals surface area contributed by atoms with Gasteiger partial charge in [-0.1, -0.05) is 36.4 Å². The zero-order valence-corrected chi connectivity index (χ0v) is 16.4. The Morgan fingerprint density at radius 1 is 0.889 bits per heavy atom. The van der Waals surface area contributed by atoms with Gasteiger partial charge in [0.1, 0.15) is 11.3 Å². The molecule has 4 rings (SSSR count). The summed E-state index contributed by atoms with van der Waals surface area (Å²) in [6.07, 6.45) is 1.85. The van der Waals surface area contributed by atoms with E-state index in [0.717, 1.165) is 11.3 Å². The molecule has 3 aromatic carbocycles. The molecule has 4 aromatic rings. The molecule has 0 aliphatic rings. The third-order valence-corrected chi connectivity index (χ3v) is 3.77. The third-order valence-electron chi connectivity index (χ3n) is 3.77. The molecule has 0 aliphatic carbocycles. The van der Waals surface area contributed by atoms with Crippen molar-refractivity contribution >= 4 is 16.7 Å². The summed E-state index contributed by atoms with van der Waals surface area (Å²) in [4.78, 5) is 14.7. The molecule has 27 heavy (non-hydrogen) atoms. The minimum absolute atomic E-state index is 0. The van der Waals surface area contributed by atoms with Crippen LogP contribution in [0.2, 0.25) is 0 Å². The van der Waals surface area contributed by atoms with Crippen LogP contribution in [0, 0.1) is 6.07 Å². The first-order chi connectivity index (χ1) is 12.7. The number of carboxylic acid groups (broad SMARTS) is 1. The predicted octanol–water partition coefficient (Wildman–Crippen LogP) is 4.79. The van der Waals surface area contributed by atoms with Crippen molar-refractivity contribution in [2.24, 2.45) is 0 Å². The van der Waals surface area contributed by atoms with Gasteiger partial charge in [0.2, 0.25) is 0 Å². The van der Waals surface area contributed by atoms with Gasteiger partial charge in [-0.15, -0.1) is 35.9 Å². The molecule has 0 radical (unpaired) electrons. The molecule has 0 atom stereocenters. The maximum absolute atomic E-state index is 10.3. The minimum Gasteiger partial charge on any atom is -0.507 e. The second-order valence-corrected chi connectivity index (χ2v) is 5.48. The first kappa shape index (κ1) is 20.3. The molecule has 0 fully saturated rings. The maximum Gasteiger partial charge on any atom is 0.339 e. The second kappa shape index (κ2) is 9.65. The van der Waals surface area contributed by atoms with E-state index in [1.54, 1.807) is 12.1 Å². The molecule has 0 bridgehead atoms. The Morgan fingerprint density at radius 2 is 1.59 bits per heavy atom. The molecule has 0 spiro atoms. The number of carboxylic acids is 1. The Morgan fingerprint density at radius 3 is 2.26 bits per heavy atom. The smallest absolute Gasteiger partial charge is 0.339 e. The molecule has 1 aromatic heterocycles. The number of hydrogen-bond acceptors (Lipinski definition) is 3. The summed E-state index contributed by atoms with van der Waals surface area (Å²) in [6.45, 7) is 0. The Kier molecular flexibility index (Phi) is 7.27. The summed E-state index contributed by atoms with van der Waals surface area (Å²) in [7, 11) is 0. The van der Waals surface area contributed by atoms with Crippen LogP contribution in [0.1, 0.15) is 10.4 Å². The number of carbonyl (C=O) groups is 1. The number of fused-ring (bicyclic) bond motifs is 1. The maximum atomic E-state index is 10.3. The van der Waals surface area contributed by atoms with E-state index in [4.69, 9.17) is 10.2 Å². The fourth-order valence-electron chi connectivity index (χ4n) is 2.53. The van der Waals surface area contributed by atoms with Crippen LogP contribution in [0.15, 0.2) is 85.1 Å². The molecule has 2 N–H and O–H groups in total. The van der Waals surface area contributed by atoms with Crippen LogP contribution < -0.4 is 0 Å². The third kappa shape index (κ3) is 5.02. The minimum atomic E-state index is -1.11. The van der Waals surface area contributed by atoms with Gasteiger partial charge in [0.25, 0.3) is 0 Å². The van der Waals surface area contributed by atoms with E-state index < -0.39 is 5.97 Å². The largest absolute Gasteiger partial charge is 0.507 e. The number of phenols is 1. The number of aromatic carboxylic acids is 1. The van der Waals surface area contributed by atoms with Crippen molar-refractivity contribution in [3.8, 4) is 17.0 Å². The molecule has 138 valence electrons. The molecule has 0 aliphatic heterocycles. The van der Waals surface area contributed by atoms with Crippen molar-refractivity contribution < 1.29 is 36.1 Å². The van der Waals surface area contributed by atoms with Crippen molar-refractivity contribution in [2.75, 3.05) is 0 Å². The van der Waals surface area contributed by atoms with Crippen LogP contribution in [-0.2, 0) is 21.1 Å². The molecule has 1 heterocycles. The van der Waals surface area contributed by atoms with Crippen molar-refractivity contribution in [3.63, 3.8) is 0 Å². The van der Waals surface area contributed by atoms with Crippen LogP contribution >= 0.6 is 0 Å². The zero-order valence-electron chi connectivity index (χ0n) is 14.1. The van der Waals surface area contributed by atoms with Gasteiger partial charge in [-0.05, 0) is 34.7 Å². The zero-order chi connectivity index (χ0) is 18.4. The number of aromatic nitrogens is 1. The van der Waals surface area contributed by atoms with Crippen molar-refractivity contribution in [1.82, 2.24) is 4.98 Å². The van der Waals surface area contributed by atoms with E-state index >= 15 is 0 Å². The Balaban J connectivity index is 0.000000208. The van der Waals surface area contributed by atoms with Gasteiger partial charge in [-0.2, -0.15) is 0 Å². The second-order valence-electron chi connectivity index (χ2n) is 5.48. The summed E-state index contributed by atoms with van der Waals surface area (Å²) in [5, 5.41) is 19.7. The van der Waals surface area contributed by atoms with Crippen LogP contribution in [-0.4, -0.2) is 21.2 Å². The number of para-hydroxylation sites is 1. The SMILES string of the molecule is O=C(O)c1ccccc1O.[Pt].[c-]1ccccc1-c1nccc2ccccc12. The number of pyridine rings is 1. The molecular weight excluding hydrogens is 521 g/mol. The van der Waals surface area contributed by atoms with E-state index in [0.29, 0.717) is 0 Å². The van der Waals surface area contributed by atoms with Crippen molar-refractivity contribution in [1.29, 1.82) is 0 Å². The topological polar surface area (TPSA) is 70.4 Å². The monoisotopic (exact) mass is 537 g/mol. The van der Waals surface area contributed by atoms with E-state index in [1.807, 2.05) is 48.7 Å². The average Bonchev–Trinajstić information content (AvgIpc) is 2.69. The Hall–Kier alpha value is -2.97. The number of hydrogen-bond donors (Lipinski definition) is 2. The van der Waals surface area contributed by atoms with Crippen LogP contribution in [0.25, 0.3) is 22.0 Å². The van der Waals surface area contributed by atoms with Gasteiger partial charge in [0.15, 0.2) is 0 Å². The van der Waals surface area contributed by atoms with Crippen LogP contribution in [0.4, 0.5) is 0 Å². The summed E-state index contributed by atoms with van der Waals surface area (Å²) in [5.41, 5.74) is 1.97. The standard InChI is InChI=1S/C15H10N.C7H6O3.Pt/c1-2-7-13(8-3-1)15-14-9-5-4-6-12(14)10-11-16-15;8-6-4-2-1-3-5(6)7(9)10;/h1-7,9-11H;1-4,8H,(H,9,10);/q-1;;. The first-order valence-corrected chi connectivity index (χ1v) is 7.99. The van der Waals surface area contributed by atoms with Crippen molar-refractivity contribution in [2.45, 2.75) is 0 Å².